The van der Waals surface area contributed by atoms with Gasteiger partial charge in [-0.05, 0) is 32.6 Å². The van der Waals surface area contributed by atoms with Gasteiger partial charge in [-0.1, -0.05) is 11.6 Å². The quantitative estimate of drug-likeness (QED) is 0.509. The summed E-state index contributed by atoms with van der Waals surface area (Å²) in [5, 5.41) is 14.1. The number of nitrogens with zero attached hydrogens (tertiary/aromatic N) is 2. The Balaban J connectivity index is 2.23. The molecule has 2 rings (SSSR count). The van der Waals surface area contributed by atoms with Gasteiger partial charge in [0.1, 0.15) is 11.0 Å². The first-order valence-corrected chi connectivity index (χ1v) is 5.86. The second-order valence-corrected chi connectivity index (χ2v) is 5.30. The van der Waals surface area contributed by atoms with Gasteiger partial charge in [-0.2, -0.15) is 0 Å². The molecular weight excluding hydrogens is 242 g/mol. The number of aromatic nitrogens is 1. The number of nitro groups is 1. The number of halogens is 1. The maximum Gasteiger partial charge on any atom is 0.276 e. The van der Waals surface area contributed by atoms with E-state index < -0.39 is 4.92 Å². The highest BCUT2D eigenvalue weighted by Gasteiger charge is 2.38. The Bertz CT molecular complexity index is 458. The first-order valence-electron chi connectivity index (χ1n) is 5.48. The second-order valence-electron chi connectivity index (χ2n) is 4.91. The standard InChI is InChI=1S/C11H14ClN3O2/c1-11(2,7-3-4-7)14-10-6-8(15(16)17)5-9(12)13-10/h5-7H,3-4H2,1-2H3,(H,13,14). The monoisotopic (exact) mass is 255 g/mol. The van der Waals surface area contributed by atoms with E-state index in [4.69, 9.17) is 11.6 Å². The molecular formula is C11H14ClN3O2. The Morgan fingerprint density at radius 1 is 1.53 bits per heavy atom. The van der Waals surface area contributed by atoms with Gasteiger partial charge in [0.25, 0.3) is 5.69 Å². The van der Waals surface area contributed by atoms with Crippen molar-refractivity contribution >= 4 is 23.1 Å². The third kappa shape index (κ3) is 2.85. The zero-order valence-electron chi connectivity index (χ0n) is 9.74. The fraction of sp³-hybridized carbons (Fsp3) is 0.545. The van der Waals surface area contributed by atoms with Crippen LogP contribution in [0.5, 0.6) is 0 Å². The van der Waals surface area contributed by atoms with Gasteiger partial charge in [-0.25, -0.2) is 4.98 Å². The van der Waals surface area contributed by atoms with Gasteiger partial charge >= 0.3 is 0 Å². The fourth-order valence-corrected chi connectivity index (χ4v) is 2.09. The van der Waals surface area contributed by atoms with Crippen molar-refractivity contribution in [3.63, 3.8) is 0 Å². The number of hydrogen-bond acceptors (Lipinski definition) is 4. The van der Waals surface area contributed by atoms with Crippen LogP contribution in [0.2, 0.25) is 5.15 Å². The molecule has 17 heavy (non-hydrogen) atoms. The van der Waals surface area contributed by atoms with Crippen LogP contribution in [0.3, 0.4) is 0 Å². The molecule has 92 valence electrons. The Morgan fingerprint density at radius 2 is 2.18 bits per heavy atom. The molecule has 1 aromatic rings. The van der Waals surface area contributed by atoms with Crippen molar-refractivity contribution < 1.29 is 4.92 Å². The van der Waals surface area contributed by atoms with Crippen molar-refractivity contribution in [2.24, 2.45) is 5.92 Å². The molecule has 0 bridgehead atoms. The van der Waals surface area contributed by atoms with E-state index in [1.165, 1.54) is 25.0 Å². The zero-order chi connectivity index (χ0) is 12.6. The summed E-state index contributed by atoms with van der Waals surface area (Å²) >= 11 is 5.76. The highest BCUT2D eigenvalue weighted by atomic mass is 35.5. The van der Waals surface area contributed by atoms with Gasteiger partial charge < -0.3 is 5.32 Å². The summed E-state index contributed by atoms with van der Waals surface area (Å²) in [6.45, 7) is 4.14. The normalized spacial score (nSPS) is 15.7. The van der Waals surface area contributed by atoms with Crippen LogP contribution in [0.4, 0.5) is 11.5 Å². The highest BCUT2D eigenvalue weighted by Crippen LogP contribution is 2.41. The van der Waals surface area contributed by atoms with Crippen LogP contribution >= 0.6 is 11.6 Å². The van der Waals surface area contributed by atoms with Gasteiger partial charge in [-0.15, -0.1) is 0 Å². The molecule has 0 unspecified atom stereocenters. The average Bonchev–Trinajstić information content (AvgIpc) is 2.98. The third-order valence-corrected chi connectivity index (χ3v) is 3.23. The van der Waals surface area contributed by atoms with E-state index in [9.17, 15) is 10.1 Å². The Morgan fingerprint density at radius 3 is 2.71 bits per heavy atom. The molecule has 1 fully saturated rings. The molecule has 0 aliphatic heterocycles. The number of anilines is 1. The molecule has 1 aliphatic carbocycles. The SMILES string of the molecule is CC(C)(Nc1cc([N+](=O)[O-])cc(Cl)n1)C1CC1. The fourth-order valence-electron chi connectivity index (χ4n) is 1.89. The largest absolute Gasteiger partial charge is 0.365 e. The van der Waals surface area contributed by atoms with Crippen molar-refractivity contribution in [2.75, 3.05) is 5.32 Å². The average molecular weight is 256 g/mol. The Kier molecular flexibility index (Phi) is 2.95. The molecule has 1 N–H and O–H groups in total. The first-order chi connectivity index (χ1) is 7.88. The van der Waals surface area contributed by atoms with E-state index in [2.05, 4.69) is 24.1 Å². The van der Waals surface area contributed by atoms with Crippen LogP contribution < -0.4 is 5.32 Å². The molecule has 0 aromatic carbocycles. The molecule has 1 saturated carbocycles. The van der Waals surface area contributed by atoms with Crippen molar-refractivity contribution in [3.8, 4) is 0 Å². The Hall–Kier alpha value is -1.36. The van der Waals surface area contributed by atoms with E-state index in [1.807, 2.05) is 0 Å². The van der Waals surface area contributed by atoms with Crippen LogP contribution in [0, 0.1) is 16.0 Å². The number of rotatable bonds is 4. The van der Waals surface area contributed by atoms with Crippen molar-refractivity contribution in [3.05, 3.63) is 27.4 Å². The number of nitrogens with one attached hydrogen (secondary N) is 1. The predicted octanol–water partition coefficient (Wildman–Crippen LogP) is 3.24. The van der Waals surface area contributed by atoms with Crippen LogP contribution in [-0.4, -0.2) is 15.4 Å². The summed E-state index contributed by atoms with van der Waals surface area (Å²) in [4.78, 5) is 14.3. The minimum atomic E-state index is -0.469. The maximum atomic E-state index is 10.7. The van der Waals surface area contributed by atoms with Crippen molar-refractivity contribution in [2.45, 2.75) is 32.2 Å². The third-order valence-electron chi connectivity index (χ3n) is 3.04. The molecule has 0 saturated heterocycles. The topological polar surface area (TPSA) is 68.1 Å². The Labute approximate surface area is 104 Å². The van der Waals surface area contributed by atoms with Crippen LogP contribution in [0.25, 0.3) is 0 Å². The lowest BCUT2D eigenvalue weighted by Gasteiger charge is -2.26. The minimum Gasteiger partial charge on any atom is -0.365 e. The van der Waals surface area contributed by atoms with Crippen molar-refractivity contribution in [1.82, 2.24) is 4.98 Å². The van der Waals surface area contributed by atoms with Gasteiger partial charge in [0.2, 0.25) is 0 Å². The molecule has 0 radical (unpaired) electrons. The number of pyridine rings is 1. The highest BCUT2D eigenvalue weighted by molar-refractivity contribution is 6.29. The molecule has 1 aliphatic rings. The van der Waals surface area contributed by atoms with E-state index in [0.29, 0.717) is 11.7 Å². The predicted molar refractivity (Wildman–Crippen MR) is 66.3 cm³/mol. The van der Waals surface area contributed by atoms with E-state index in [1.54, 1.807) is 0 Å². The molecule has 1 aromatic heterocycles. The summed E-state index contributed by atoms with van der Waals surface area (Å²) in [6.07, 6.45) is 2.37. The molecule has 6 heteroatoms. The van der Waals surface area contributed by atoms with Crippen molar-refractivity contribution in [1.29, 1.82) is 0 Å². The van der Waals surface area contributed by atoms with Gasteiger partial charge in [0.15, 0.2) is 0 Å². The van der Waals surface area contributed by atoms with Crippen LogP contribution in [0.1, 0.15) is 26.7 Å². The first kappa shape index (κ1) is 12.1. The lowest BCUT2D eigenvalue weighted by Crippen LogP contribution is -2.33. The summed E-state index contributed by atoms with van der Waals surface area (Å²) in [7, 11) is 0. The van der Waals surface area contributed by atoms with E-state index in [-0.39, 0.29) is 16.4 Å². The summed E-state index contributed by atoms with van der Waals surface area (Å²) < 4.78 is 0. The molecule has 0 amide bonds. The molecule has 1 heterocycles. The summed E-state index contributed by atoms with van der Waals surface area (Å²) in [6, 6.07) is 2.66. The second kappa shape index (κ2) is 4.14. The minimum absolute atomic E-state index is 0.0425. The zero-order valence-corrected chi connectivity index (χ0v) is 10.5. The summed E-state index contributed by atoms with van der Waals surface area (Å²) in [5.74, 6) is 1.06. The lowest BCUT2D eigenvalue weighted by atomic mass is 9.99. The van der Waals surface area contributed by atoms with E-state index in [0.717, 1.165) is 0 Å². The lowest BCUT2D eigenvalue weighted by molar-refractivity contribution is -0.384. The van der Waals surface area contributed by atoms with E-state index >= 15 is 0 Å². The molecule has 0 spiro atoms. The maximum absolute atomic E-state index is 10.7. The van der Waals surface area contributed by atoms with Gasteiger partial charge in [0, 0.05) is 5.54 Å². The van der Waals surface area contributed by atoms with Crippen LogP contribution in [0.15, 0.2) is 12.1 Å². The smallest absolute Gasteiger partial charge is 0.276 e. The van der Waals surface area contributed by atoms with Gasteiger partial charge in [-0.3, -0.25) is 10.1 Å². The van der Waals surface area contributed by atoms with Gasteiger partial charge in [0.05, 0.1) is 17.1 Å². The number of hydrogen-bond donors (Lipinski definition) is 1. The van der Waals surface area contributed by atoms with Crippen LogP contribution in [-0.2, 0) is 0 Å². The summed E-state index contributed by atoms with van der Waals surface area (Å²) in [5.41, 5.74) is -0.148. The molecule has 0 atom stereocenters. The molecule has 5 nitrogen and oxygen atoms in total.